The van der Waals surface area contributed by atoms with E-state index in [0.717, 1.165) is 11.3 Å². The number of nitrogens with one attached hydrogen (secondary N) is 2. The molecule has 0 bridgehead atoms. The Kier molecular flexibility index (Phi) is 4.85. The molecule has 2 amide bonds. The van der Waals surface area contributed by atoms with E-state index in [0.29, 0.717) is 25.9 Å². The Morgan fingerprint density at radius 2 is 2.05 bits per heavy atom. The van der Waals surface area contributed by atoms with Crippen molar-refractivity contribution in [2.24, 2.45) is 0 Å². The molecule has 5 heteroatoms. The van der Waals surface area contributed by atoms with Gasteiger partial charge in [0.15, 0.2) is 0 Å². The van der Waals surface area contributed by atoms with Crippen molar-refractivity contribution in [3.8, 4) is 0 Å². The fourth-order valence-corrected chi connectivity index (χ4v) is 2.45. The van der Waals surface area contributed by atoms with Gasteiger partial charge in [0, 0.05) is 24.8 Å². The third-order valence-electron chi connectivity index (χ3n) is 4.20. The Bertz CT molecular complexity index is 492. The summed E-state index contributed by atoms with van der Waals surface area (Å²) >= 11 is 0. The number of hydrogen-bond donors (Lipinski definition) is 3. The number of piperidine rings is 1. The van der Waals surface area contributed by atoms with Gasteiger partial charge in [-0.25, -0.2) is 4.79 Å². The average molecular weight is 291 g/mol. The Labute approximate surface area is 126 Å². The first-order valence-electron chi connectivity index (χ1n) is 7.47. The maximum absolute atomic E-state index is 12.2. The maximum Gasteiger partial charge on any atom is 0.321 e. The third-order valence-corrected chi connectivity index (χ3v) is 4.20. The number of carbonyl (C=O) groups excluding carboxylic acids is 1. The van der Waals surface area contributed by atoms with Gasteiger partial charge in [0.1, 0.15) is 0 Å². The molecule has 116 valence electrons. The minimum absolute atomic E-state index is 0.0974. The highest BCUT2D eigenvalue weighted by Gasteiger charge is 2.29. The molecule has 1 aromatic rings. The second kappa shape index (κ2) is 6.45. The first-order chi connectivity index (χ1) is 9.91. The molecule has 1 atom stereocenters. The summed E-state index contributed by atoms with van der Waals surface area (Å²) in [4.78, 5) is 14.0. The van der Waals surface area contributed by atoms with Crippen LogP contribution in [-0.4, -0.2) is 41.8 Å². The first-order valence-corrected chi connectivity index (χ1v) is 7.47. The number of likely N-dealkylation sites (tertiary alicyclic amines) is 1. The largest absolute Gasteiger partial charge is 0.390 e. The van der Waals surface area contributed by atoms with Crippen LogP contribution in [0, 0.1) is 0 Å². The molecule has 5 nitrogen and oxygen atoms in total. The lowest BCUT2D eigenvalue weighted by atomic mass is 9.94. The van der Waals surface area contributed by atoms with E-state index < -0.39 is 5.60 Å². The summed E-state index contributed by atoms with van der Waals surface area (Å²) in [6, 6.07) is 8.00. The predicted molar refractivity (Wildman–Crippen MR) is 84.4 cm³/mol. The minimum atomic E-state index is -0.640. The normalized spacial score (nSPS) is 19.1. The molecule has 0 radical (unpaired) electrons. The quantitative estimate of drug-likeness (QED) is 0.801. The number of hydrogen-bond acceptors (Lipinski definition) is 3. The van der Waals surface area contributed by atoms with Gasteiger partial charge in [0.05, 0.1) is 5.60 Å². The molecular weight excluding hydrogens is 266 g/mol. The van der Waals surface area contributed by atoms with Gasteiger partial charge in [-0.3, -0.25) is 0 Å². The lowest BCUT2D eigenvalue weighted by Crippen LogP contribution is -2.46. The smallest absolute Gasteiger partial charge is 0.321 e. The van der Waals surface area contributed by atoms with Gasteiger partial charge < -0.3 is 20.6 Å². The van der Waals surface area contributed by atoms with E-state index in [1.54, 1.807) is 4.90 Å². The molecule has 1 fully saturated rings. The van der Waals surface area contributed by atoms with Crippen molar-refractivity contribution in [3.63, 3.8) is 0 Å². The highest BCUT2D eigenvalue weighted by molar-refractivity contribution is 5.89. The Morgan fingerprint density at radius 3 is 2.67 bits per heavy atom. The summed E-state index contributed by atoms with van der Waals surface area (Å²) in [5.41, 5.74) is 1.30. The van der Waals surface area contributed by atoms with E-state index in [-0.39, 0.29) is 12.1 Å². The van der Waals surface area contributed by atoms with E-state index in [9.17, 15) is 9.90 Å². The van der Waals surface area contributed by atoms with Crippen LogP contribution in [-0.2, 0) is 0 Å². The van der Waals surface area contributed by atoms with Gasteiger partial charge in [-0.1, -0.05) is 12.1 Å². The topological polar surface area (TPSA) is 64.6 Å². The van der Waals surface area contributed by atoms with E-state index >= 15 is 0 Å². The van der Waals surface area contributed by atoms with Crippen LogP contribution >= 0.6 is 0 Å². The highest BCUT2D eigenvalue weighted by atomic mass is 16.3. The summed E-state index contributed by atoms with van der Waals surface area (Å²) in [7, 11) is 1.91. The summed E-state index contributed by atoms with van der Waals surface area (Å²) in [6.07, 6.45) is 1.24. The standard InChI is InChI=1S/C16H25N3O2/c1-12(17-3)13-5-4-6-14(11-13)18-15(20)19-9-7-16(2,21)8-10-19/h4-6,11-12,17,21H,7-10H2,1-3H3,(H,18,20). The van der Waals surface area contributed by atoms with Gasteiger partial charge >= 0.3 is 6.03 Å². The van der Waals surface area contributed by atoms with Crippen molar-refractivity contribution in [2.45, 2.75) is 38.3 Å². The molecule has 0 aliphatic carbocycles. The van der Waals surface area contributed by atoms with Crippen molar-refractivity contribution in [3.05, 3.63) is 29.8 Å². The van der Waals surface area contributed by atoms with Crippen LogP contribution in [0.15, 0.2) is 24.3 Å². The van der Waals surface area contributed by atoms with Crippen LogP contribution in [0.4, 0.5) is 10.5 Å². The zero-order valence-electron chi connectivity index (χ0n) is 13.0. The molecule has 1 saturated heterocycles. The summed E-state index contributed by atoms with van der Waals surface area (Å²) in [5.74, 6) is 0. The van der Waals surface area contributed by atoms with Crippen LogP contribution in [0.25, 0.3) is 0 Å². The minimum Gasteiger partial charge on any atom is -0.390 e. The van der Waals surface area contributed by atoms with Gasteiger partial charge in [0.2, 0.25) is 0 Å². The lowest BCUT2D eigenvalue weighted by Gasteiger charge is -2.35. The number of amides is 2. The number of anilines is 1. The molecule has 0 spiro atoms. The second-order valence-electron chi connectivity index (χ2n) is 6.05. The fraction of sp³-hybridized carbons (Fsp3) is 0.562. The zero-order valence-corrected chi connectivity index (χ0v) is 13.0. The molecule has 3 N–H and O–H groups in total. The first kappa shape index (κ1) is 15.8. The van der Waals surface area contributed by atoms with Crippen molar-refractivity contribution < 1.29 is 9.90 Å². The number of rotatable bonds is 3. The Balaban J connectivity index is 1.97. The molecule has 1 unspecified atom stereocenters. The Hall–Kier alpha value is -1.59. The number of nitrogens with zero attached hydrogens (tertiary/aromatic N) is 1. The van der Waals surface area contributed by atoms with Gasteiger partial charge in [0.25, 0.3) is 0 Å². The zero-order chi connectivity index (χ0) is 15.5. The van der Waals surface area contributed by atoms with Crippen molar-refractivity contribution in [2.75, 3.05) is 25.5 Å². The predicted octanol–water partition coefficient (Wildman–Crippen LogP) is 2.35. The summed E-state index contributed by atoms with van der Waals surface area (Å²) < 4.78 is 0. The van der Waals surface area contributed by atoms with Gasteiger partial charge in [-0.15, -0.1) is 0 Å². The fourth-order valence-electron chi connectivity index (χ4n) is 2.45. The van der Waals surface area contributed by atoms with Crippen LogP contribution in [0.3, 0.4) is 0 Å². The van der Waals surface area contributed by atoms with Crippen molar-refractivity contribution in [1.29, 1.82) is 0 Å². The monoisotopic (exact) mass is 291 g/mol. The molecule has 0 aromatic heterocycles. The molecule has 1 aromatic carbocycles. The van der Waals surface area contributed by atoms with Crippen LogP contribution in [0.5, 0.6) is 0 Å². The van der Waals surface area contributed by atoms with E-state index in [4.69, 9.17) is 0 Å². The van der Waals surface area contributed by atoms with Crippen LogP contribution < -0.4 is 10.6 Å². The molecule has 1 aliphatic rings. The molecule has 0 saturated carbocycles. The third kappa shape index (κ3) is 4.19. The molecule has 1 heterocycles. The van der Waals surface area contributed by atoms with E-state index in [2.05, 4.69) is 17.6 Å². The van der Waals surface area contributed by atoms with Gasteiger partial charge in [-0.2, -0.15) is 0 Å². The van der Waals surface area contributed by atoms with Crippen molar-refractivity contribution in [1.82, 2.24) is 10.2 Å². The molecular formula is C16H25N3O2. The maximum atomic E-state index is 12.2. The highest BCUT2D eigenvalue weighted by Crippen LogP contribution is 2.22. The van der Waals surface area contributed by atoms with Crippen LogP contribution in [0.2, 0.25) is 0 Å². The lowest BCUT2D eigenvalue weighted by molar-refractivity contribution is 0.00570. The average Bonchev–Trinajstić information content (AvgIpc) is 2.46. The Morgan fingerprint density at radius 1 is 1.38 bits per heavy atom. The number of carbonyl (C=O) groups is 1. The van der Waals surface area contributed by atoms with Crippen molar-refractivity contribution >= 4 is 11.7 Å². The van der Waals surface area contributed by atoms with Gasteiger partial charge in [-0.05, 0) is 51.4 Å². The molecule has 1 aliphatic heterocycles. The molecule has 21 heavy (non-hydrogen) atoms. The molecule has 2 rings (SSSR count). The number of benzene rings is 1. The summed E-state index contributed by atoms with van der Waals surface area (Å²) in [6.45, 7) is 5.08. The second-order valence-corrected chi connectivity index (χ2v) is 6.05. The van der Waals surface area contributed by atoms with E-state index in [1.807, 2.05) is 38.2 Å². The SMILES string of the molecule is CNC(C)c1cccc(NC(=O)N2CCC(C)(O)CC2)c1. The van der Waals surface area contributed by atoms with Crippen LogP contribution in [0.1, 0.15) is 38.3 Å². The number of aliphatic hydroxyl groups is 1. The van der Waals surface area contributed by atoms with E-state index in [1.165, 1.54) is 0 Å². The number of urea groups is 1. The summed E-state index contributed by atoms with van der Waals surface area (Å²) in [5, 5.41) is 16.0.